The summed E-state index contributed by atoms with van der Waals surface area (Å²) in [6, 6.07) is 0. The first-order valence-corrected chi connectivity index (χ1v) is 8.44. The van der Waals surface area contributed by atoms with E-state index in [1.807, 2.05) is 6.92 Å². The second-order valence-electron chi connectivity index (χ2n) is 6.86. The fourth-order valence-electron chi connectivity index (χ4n) is 3.41. The van der Waals surface area contributed by atoms with Gasteiger partial charge in [0.2, 0.25) is 0 Å². The number of hydrogen-bond acceptors (Lipinski definition) is 4. The molecule has 5 nitrogen and oxygen atoms in total. The quantitative estimate of drug-likeness (QED) is 0.764. The molecule has 1 unspecified atom stereocenters. The normalized spacial score (nSPS) is 19.5. The lowest BCUT2D eigenvalue weighted by Gasteiger charge is -2.38. The predicted octanol–water partition coefficient (Wildman–Crippen LogP) is 3.93. The van der Waals surface area contributed by atoms with Crippen molar-refractivity contribution in [2.75, 3.05) is 13.9 Å². The molecule has 5 heteroatoms. The highest BCUT2D eigenvalue weighted by atomic mass is 16.7. The monoisotopic (exact) mass is 336 g/mol. The van der Waals surface area contributed by atoms with E-state index in [1.165, 1.54) is 5.56 Å². The van der Waals surface area contributed by atoms with Gasteiger partial charge < -0.3 is 19.3 Å². The Hall–Kier alpha value is -1.75. The molecule has 0 spiro atoms. The molecule has 0 saturated heterocycles. The van der Waals surface area contributed by atoms with Crippen molar-refractivity contribution >= 4 is 5.97 Å². The molecule has 0 bridgehead atoms. The second-order valence-corrected chi connectivity index (χ2v) is 6.86. The van der Waals surface area contributed by atoms with Crippen molar-refractivity contribution in [2.24, 2.45) is 0 Å². The number of methoxy groups -OCH3 is 1. The number of rotatable bonds is 7. The fraction of sp³-hybridized carbons (Fsp3) is 0.632. The van der Waals surface area contributed by atoms with Crippen molar-refractivity contribution in [1.82, 2.24) is 0 Å². The molecule has 1 aliphatic heterocycles. The van der Waals surface area contributed by atoms with Gasteiger partial charge in [-0.3, -0.25) is 4.79 Å². The zero-order valence-electron chi connectivity index (χ0n) is 15.3. The number of ether oxygens (including phenoxy) is 3. The Morgan fingerprint density at radius 1 is 1.25 bits per heavy atom. The third kappa shape index (κ3) is 3.83. The van der Waals surface area contributed by atoms with Crippen LogP contribution < -0.4 is 9.47 Å². The summed E-state index contributed by atoms with van der Waals surface area (Å²) in [5.74, 6) is 1.07. The third-order valence-corrected chi connectivity index (χ3v) is 4.98. The van der Waals surface area contributed by atoms with Crippen molar-refractivity contribution in [3.63, 3.8) is 0 Å². The molecule has 1 atom stereocenters. The van der Waals surface area contributed by atoms with Gasteiger partial charge in [0, 0.05) is 19.1 Å². The Morgan fingerprint density at radius 2 is 1.96 bits per heavy atom. The number of benzene rings is 1. The Kier molecular flexibility index (Phi) is 5.75. The molecule has 0 radical (unpaired) electrons. The zero-order chi connectivity index (χ0) is 17.9. The van der Waals surface area contributed by atoms with Crippen LogP contribution in [0.15, 0.2) is 0 Å². The van der Waals surface area contributed by atoms with E-state index in [1.54, 1.807) is 7.11 Å². The summed E-state index contributed by atoms with van der Waals surface area (Å²) in [4.78, 5) is 10.7. The maximum absolute atomic E-state index is 10.7. The first-order chi connectivity index (χ1) is 11.3. The lowest BCUT2D eigenvalue weighted by atomic mass is 9.84. The topological polar surface area (TPSA) is 65.0 Å². The van der Waals surface area contributed by atoms with Crippen LogP contribution in [0, 0.1) is 20.8 Å². The highest BCUT2D eigenvalue weighted by Crippen LogP contribution is 2.44. The van der Waals surface area contributed by atoms with Gasteiger partial charge in [0.1, 0.15) is 17.1 Å². The first kappa shape index (κ1) is 18.6. The maximum atomic E-state index is 10.7. The number of fused-ring (bicyclic) bond motifs is 1. The van der Waals surface area contributed by atoms with Crippen LogP contribution in [0.3, 0.4) is 0 Å². The molecule has 0 aromatic heterocycles. The standard InChI is InChI=1S/C19H28O5/c1-12-13(2)18-15(14(3)17(12)23-11-22-5)8-10-19(4,24-18)9-6-7-16(20)21/h6-11H2,1-5H3,(H,20,21). The van der Waals surface area contributed by atoms with Crippen LogP contribution in [-0.2, 0) is 16.0 Å². The van der Waals surface area contributed by atoms with Crippen molar-refractivity contribution in [2.45, 2.75) is 65.4 Å². The van der Waals surface area contributed by atoms with E-state index in [-0.39, 0.29) is 18.8 Å². The number of carboxylic acid groups (broad SMARTS) is 1. The number of aliphatic carboxylic acids is 1. The van der Waals surface area contributed by atoms with Crippen LogP contribution in [0.2, 0.25) is 0 Å². The number of carbonyl (C=O) groups is 1. The minimum absolute atomic E-state index is 0.187. The Labute approximate surface area is 143 Å². The maximum Gasteiger partial charge on any atom is 0.303 e. The van der Waals surface area contributed by atoms with E-state index in [2.05, 4.69) is 20.8 Å². The van der Waals surface area contributed by atoms with E-state index in [0.717, 1.165) is 47.5 Å². The summed E-state index contributed by atoms with van der Waals surface area (Å²) in [5.41, 5.74) is 4.16. The van der Waals surface area contributed by atoms with Gasteiger partial charge in [-0.1, -0.05) is 0 Å². The van der Waals surface area contributed by atoms with E-state index >= 15 is 0 Å². The summed E-state index contributed by atoms with van der Waals surface area (Å²) in [6.07, 6.45) is 3.36. The summed E-state index contributed by atoms with van der Waals surface area (Å²) in [5, 5.41) is 8.84. The van der Waals surface area contributed by atoms with Gasteiger partial charge >= 0.3 is 5.97 Å². The summed E-state index contributed by atoms with van der Waals surface area (Å²) in [6.45, 7) is 8.46. The Balaban J connectivity index is 2.26. The molecule has 0 saturated carbocycles. The van der Waals surface area contributed by atoms with Crippen LogP contribution >= 0.6 is 0 Å². The molecule has 0 aliphatic carbocycles. The molecular formula is C19H28O5. The summed E-state index contributed by atoms with van der Waals surface area (Å²) < 4.78 is 17.2. The fourth-order valence-corrected chi connectivity index (χ4v) is 3.41. The molecule has 134 valence electrons. The molecule has 2 rings (SSSR count). The molecule has 1 aliphatic rings. The van der Waals surface area contributed by atoms with E-state index < -0.39 is 5.97 Å². The van der Waals surface area contributed by atoms with E-state index in [0.29, 0.717) is 6.42 Å². The van der Waals surface area contributed by atoms with Gasteiger partial charge in [0.15, 0.2) is 6.79 Å². The van der Waals surface area contributed by atoms with Crippen LogP contribution in [0.4, 0.5) is 0 Å². The molecule has 1 N–H and O–H groups in total. The van der Waals surface area contributed by atoms with Gasteiger partial charge in [-0.15, -0.1) is 0 Å². The van der Waals surface area contributed by atoms with Crippen molar-refractivity contribution < 1.29 is 24.1 Å². The zero-order valence-corrected chi connectivity index (χ0v) is 15.3. The number of carboxylic acids is 1. The summed E-state index contributed by atoms with van der Waals surface area (Å²) >= 11 is 0. The molecule has 1 heterocycles. The third-order valence-electron chi connectivity index (χ3n) is 4.98. The average Bonchev–Trinajstić information content (AvgIpc) is 2.52. The van der Waals surface area contributed by atoms with Crippen molar-refractivity contribution in [1.29, 1.82) is 0 Å². The average molecular weight is 336 g/mol. The van der Waals surface area contributed by atoms with Crippen molar-refractivity contribution in [3.05, 3.63) is 22.3 Å². The lowest BCUT2D eigenvalue weighted by Crippen LogP contribution is -2.37. The minimum atomic E-state index is -0.752. The smallest absolute Gasteiger partial charge is 0.303 e. The predicted molar refractivity (Wildman–Crippen MR) is 92.0 cm³/mol. The molecule has 0 fully saturated rings. The van der Waals surface area contributed by atoms with Gasteiger partial charge in [0.25, 0.3) is 0 Å². The molecular weight excluding hydrogens is 308 g/mol. The first-order valence-electron chi connectivity index (χ1n) is 8.44. The van der Waals surface area contributed by atoms with Crippen molar-refractivity contribution in [3.8, 4) is 11.5 Å². The lowest BCUT2D eigenvalue weighted by molar-refractivity contribution is -0.137. The summed E-state index contributed by atoms with van der Waals surface area (Å²) in [7, 11) is 1.61. The van der Waals surface area contributed by atoms with E-state index in [4.69, 9.17) is 19.3 Å². The van der Waals surface area contributed by atoms with E-state index in [9.17, 15) is 4.79 Å². The second kappa shape index (κ2) is 7.43. The van der Waals surface area contributed by atoms with Crippen LogP contribution in [0.25, 0.3) is 0 Å². The molecule has 1 aromatic carbocycles. The highest BCUT2D eigenvalue weighted by molar-refractivity contribution is 5.66. The highest BCUT2D eigenvalue weighted by Gasteiger charge is 2.34. The van der Waals surface area contributed by atoms with Crippen LogP contribution in [0.1, 0.15) is 54.9 Å². The SMILES string of the molecule is COCOc1c(C)c(C)c2c(c1C)CCC(C)(CCCC(=O)O)O2. The van der Waals surface area contributed by atoms with Gasteiger partial charge in [-0.25, -0.2) is 0 Å². The van der Waals surface area contributed by atoms with Gasteiger partial charge in [0.05, 0.1) is 0 Å². The molecule has 24 heavy (non-hydrogen) atoms. The minimum Gasteiger partial charge on any atom is -0.487 e. The number of hydrogen-bond donors (Lipinski definition) is 1. The van der Waals surface area contributed by atoms with Gasteiger partial charge in [-0.05, 0) is 70.1 Å². The van der Waals surface area contributed by atoms with Crippen LogP contribution in [-0.4, -0.2) is 30.6 Å². The molecule has 0 amide bonds. The molecule has 1 aromatic rings. The van der Waals surface area contributed by atoms with Crippen LogP contribution in [0.5, 0.6) is 11.5 Å². The van der Waals surface area contributed by atoms with Gasteiger partial charge in [-0.2, -0.15) is 0 Å². The Bertz CT molecular complexity index is 623. The largest absolute Gasteiger partial charge is 0.487 e. The Morgan fingerprint density at radius 3 is 2.58 bits per heavy atom.